The van der Waals surface area contributed by atoms with Gasteiger partial charge in [0.15, 0.2) is 0 Å². The van der Waals surface area contributed by atoms with Crippen LogP contribution in [0.15, 0.2) is 39.5 Å². The third-order valence-electron chi connectivity index (χ3n) is 0.333. The van der Waals surface area contributed by atoms with E-state index in [0.29, 0.717) is 26.2 Å². The first-order chi connectivity index (χ1) is 6.83. The van der Waals surface area contributed by atoms with Crippen molar-refractivity contribution in [2.24, 2.45) is 22.9 Å². The van der Waals surface area contributed by atoms with E-state index in [1.807, 2.05) is 0 Å². The molecule has 0 aliphatic rings. The molecule has 0 fully saturated rings. The normalized spacial score (nSPS) is 5.14. The Morgan fingerprint density at radius 2 is 0.500 bits per heavy atom. The van der Waals surface area contributed by atoms with Gasteiger partial charge < -0.3 is 22.9 Å². The fraction of sp³-hybridized carbons (Fsp3) is 0.400. The van der Waals surface area contributed by atoms with E-state index >= 15 is 0 Å². The molecule has 0 aromatic rings. The first-order valence-electron chi connectivity index (χ1n) is 4.13. The minimum absolute atomic E-state index is 0.597. The maximum absolute atomic E-state index is 4.90. The molecule has 0 aliphatic heterocycles. The highest BCUT2D eigenvalue weighted by atomic mass is 14.6. The molecule has 0 bridgehead atoms. The van der Waals surface area contributed by atoms with Gasteiger partial charge >= 0.3 is 0 Å². The zero-order chi connectivity index (χ0) is 12.8. The van der Waals surface area contributed by atoms with Gasteiger partial charge in [0, 0.05) is 26.2 Å². The van der Waals surface area contributed by atoms with Crippen LogP contribution in [-0.2, 0) is 0 Å². The molecule has 0 heterocycles. The predicted molar refractivity (Wildman–Crippen MR) is 70.0 cm³/mol. The summed E-state index contributed by atoms with van der Waals surface area (Å²) in [5, 5.41) is 0. The summed E-state index contributed by atoms with van der Waals surface area (Å²) in [5.41, 5.74) is 19.6. The summed E-state index contributed by atoms with van der Waals surface area (Å²) >= 11 is 0. The highest BCUT2D eigenvalue weighted by molar-refractivity contribution is 4.26. The lowest BCUT2D eigenvalue weighted by molar-refractivity contribution is 0.976. The molecule has 4 nitrogen and oxygen atoms in total. The van der Waals surface area contributed by atoms with E-state index in [1.54, 1.807) is 0 Å². The highest BCUT2D eigenvalue weighted by Crippen LogP contribution is 1.24. The zero-order valence-corrected chi connectivity index (χ0v) is 9.38. The summed E-state index contributed by atoms with van der Waals surface area (Å²) in [6.07, 6.45) is 0. The van der Waals surface area contributed by atoms with Gasteiger partial charge in [-0.1, -0.05) is 0 Å². The van der Waals surface area contributed by atoms with Crippen molar-refractivity contribution >= 4 is 0 Å². The van der Waals surface area contributed by atoms with E-state index in [-0.39, 0.29) is 0 Å². The van der Waals surface area contributed by atoms with Gasteiger partial charge in [-0.3, -0.25) is 0 Å². The van der Waals surface area contributed by atoms with E-state index in [1.165, 1.54) is 0 Å². The minimum atomic E-state index is 0.597. The van der Waals surface area contributed by atoms with Crippen molar-refractivity contribution in [2.45, 2.75) is 0 Å². The Hall–Kier alpha value is -0.940. The summed E-state index contributed by atoms with van der Waals surface area (Å²) in [7, 11) is 0. The Bertz CT molecular complexity index is 38.6. The van der Waals surface area contributed by atoms with Gasteiger partial charge in [-0.25, -0.2) is 0 Å². The summed E-state index contributed by atoms with van der Waals surface area (Å²) in [4.78, 5) is 0. The smallest absolute Gasteiger partial charge is 0.00461 e. The maximum Gasteiger partial charge on any atom is 0.00461 e. The average molecular weight is 204 g/mol. The molecule has 14 heavy (non-hydrogen) atoms. The lowest BCUT2D eigenvalue weighted by Crippen LogP contribution is -2.11. The molecule has 0 saturated heterocycles. The molecule has 0 spiro atoms. The Balaban J connectivity index is -0.0000000255. The third-order valence-corrected chi connectivity index (χ3v) is 0.333. The van der Waals surface area contributed by atoms with Crippen LogP contribution in [0.3, 0.4) is 0 Å². The maximum atomic E-state index is 4.90. The first kappa shape index (κ1) is 29.2. The molecule has 0 amide bonds. The average Bonchev–Trinajstić information content (AvgIpc) is 2.36. The van der Waals surface area contributed by atoms with Crippen LogP contribution in [0.4, 0.5) is 0 Å². The van der Waals surface area contributed by atoms with Crippen molar-refractivity contribution in [3.63, 3.8) is 0 Å². The van der Waals surface area contributed by atoms with Crippen molar-refractivity contribution in [1.29, 1.82) is 0 Å². The van der Waals surface area contributed by atoms with E-state index < -0.39 is 0 Å². The van der Waals surface area contributed by atoms with Crippen LogP contribution in [0.1, 0.15) is 0 Å². The second-order valence-electron chi connectivity index (χ2n) is 1.15. The van der Waals surface area contributed by atoms with Gasteiger partial charge in [0.05, 0.1) is 0 Å². The van der Waals surface area contributed by atoms with Crippen molar-refractivity contribution in [3.05, 3.63) is 39.5 Å². The van der Waals surface area contributed by atoms with Crippen LogP contribution >= 0.6 is 0 Å². The Morgan fingerprint density at radius 1 is 0.429 bits per heavy atom. The van der Waals surface area contributed by atoms with E-state index in [0.717, 1.165) is 0 Å². The van der Waals surface area contributed by atoms with Gasteiger partial charge in [0.25, 0.3) is 0 Å². The van der Waals surface area contributed by atoms with Crippen molar-refractivity contribution in [3.8, 4) is 0 Å². The van der Waals surface area contributed by atoms with Crippen LogP contribution in [0.2, 0.25) is 0 Å². The molecule has 4 heteroatoms. The number of hydrogen-bond donors (Lipinski definition) is 4. The number of nitrogens with two attached hydrogens (primary N) is 4. The Labute approximate surface area is 89.3 Å². The standard InChI is InChI=1S/2C2H8N2.3C2H4/c2*3-1-2-4;3*1-2/h2*1-4H2;3*1-2H2. The minimum Gasteiger partial charge on any atom is -0.329 e. The highest BCUT2D eigenvalue weighted by Gasteiger charge is 1.54. The lowest BCUT2D eigenvalue weighted by atomic mass is 10.7. The van der Waals surface area contributed by atoms with Crippen LogP contribution in [0, 0.1) is 0 Å². The van der Waals surface area contributed by atoms with Crippen LogP contribution in [0.25, 0.3) is 0 Å². The quantitative estimate of drug-likeness (QED) is 0.483. The van der Waals surface area contributed by atoms with E-state index in [4.69, 9.17) is 22.9 Å². The Morgan fingerprint density at radius 3 is 0.500 bits per heavy atom. The lowest BCUT2D eigenvalue weighted by Gasteiger charge is -1.72. The number of hydrogen-bond acceptors (Lipinski definition) is 4. The molecule has 0 unspecified atom stereocenters. The molecule has 0 aliphatic carbocycles. The van der Waals surface area contributed by atoms with E-state index in [9.17, 15) is 0 Å². The largest absolute Gasteiger partial charge is 0.329 e. The van der Waals surface area contributed by atoms with E-state index in [2.05, 4.69) is 39.5 Å². The third kappa shape index (κ3) is 996. The van der Waals surface area contributed by atoms with Crippen molar-refractivity contribution in [2.75, 3.05) is 26.2 Å². The van der Waals surface area contributed by atoms with Gasteiger partial charge in [0.1, 0.15) is 0 Å². The second-order valence-corrected chi connectivity index (χ2v) is 1.15. The topological polar surface area (TPSA) is 104 Å². The molecule has 0 aromatic carbocycles. The molecular weight excluding hydrogens is 176 g/mol. The molecule has 0 radical (unpaired) electrons. The molecular formula is C10H28N4. The summed E-state index contributed by atoms with van der Waals surface area (Å²) in [6, 6.07) is 0. The fourth-order valence-corrected chi connectivity index (χ4v) is 0. The molecule has 0 saturated carbocycles. The van der Waals surface area contributed by atoms with Gasteiger partial charge in [0.2, 0.25) is 0 Å². The monoisotopic (exact) mass is 204 g/mol. The summed E-state index contributed by atoms with van der Waals surface area (Å²) in [5.74, 6) is 0. The van der Waals surface area contributed by atoms with Gasteiger partial charge in [-0.2, -0.15) is 0 Å². The van der Waals surface area contributed by atoms with Crippen LogP contribution < -0.4 is 22.9 Å². The zero-order valence-electron chi connectivity index (χ0n) is 9.38. The molecule has 88 valence electrons. The van der Waals surface area contributed by atoms with Gasteiger partial charge in [-0.05, 0) is 0 Å². The predicted octanol–water partition coefficient (Wildman–Crippen LogP) is 0.214. The van der Waals surface area contributed by atoms with Crippen LogP contribution in [-0.4, -0.2) is 26.2 Å². The molecule has 0 rings (SSSR count). The van der Waals surface area contributed by atoms with Crippen LogP contribution in [0.5, 0.6) is 0 Å². The van der Waals surface area contributed by atoms with Gasteiger partial charge in [-0.15, -0.1) is 39.5 Å². The summed E-state index contributed by atoms with van der Waals surface area (Å²) < 4.78 is 0. The fourth-order valence-electron chi connectivity index (χ4n) is 0. The van der Waals surface area contributed by atoms with Crippen molar-refractivity contribution in [1.82, 2.24) is 0 Å². The first-order valence-corrected chi connectivity index (χ1v) is 4.13. The molecule has 8 N–H and O–H groups in total. The molecule has 0 aromatic heterocycles. The Kier molecular flexibility index (Phi) is 329. The van der Waals surface area contributed by atoms with Crippen molar-refractivity contribution < 1.29 is 0 Å². The second kappa shape index (κ2) is 158. The SMILES string of the molecule is C=C.C=C.C=C.NCCN.NCCN. The number of rotatable bonds is 2. The molecule has 0 atom stereocenters. The summed E-state index contributed by atoms with van der Waals surface area (Å²) in [6.45, 7) is 20.4.